The SMILES string of the molecule is O=C(CCc1nc2cccnc2o1)NC[C@H](O)CN1CCc2ccccc2C1. The van der Waals surface area contributed by atoms with Gasteiger partial charge in [-0.05, 0) is 29.7 Å². The molecule has 0 saturated carbocycles. The Balaban J connectivity index is 1.19. The first-order valence-electron chi connectivity index (χ1n) is 9.62. The first kappa shape index (κ1) is 18.6. The van der Waals surface area contributed by atoms with Crippen LogP contribution < -0.4 is 5.32 Å². The number of aliphatic hydroxyl groups is 1. The quantitative estimate of drug-likeness (QED) is 0.648. The molecule has 1 aromatic carbocycles. The predicted molar refractivity (Wildman–Crippen MR) is 105 cm³/mol. The average molecular weight is 380 g/mol. The lowest BCUT2D eigenvalue weighted by atomic mass is 10.00. The van der Waals surface area contributed by atoms with Gasteiger partial charge in [0.1, 0.15) is 5.52 Å². The van der Waals surface area contributed by atoms with E-state index in [4.69, 9.17) is 4.42 Å². The minimum absolute atomic E-state index is 0.127. The van der Waals surface area contributed by atoms with Crippen LogP contribution in [0.15, 0.2) is 47.0 Å². The molecule has 28 heavy (non-hydrogen) atoms. The van der Waals surface area contributed by atoms with Crippen LogP contribution in [0.4, 0.5) is 0 Å². The summed E-state index contributed by atoms with van der Waals surface area (Å²) in [6.07, 6.45) is 2.71. The van der Waals surface area contributed by atoms with E-state index in [1.807, 2.05) is 12.1 Å². The third-order valence-electron chi connectivity index (χ3n) is 4.99. The van der Waals surface area contributed by atoms with Crippen LogP contribution in [0, 0.1) is 0 Å². The number of hydrogen-bond acceptors (Lipinski definition) is 6. The molecule has 0 aliphatic carbocycles. The number of rotatable bonds is 7. The number of oxazole rings is 1. The van der Waals surface area contributed by atoms with Crippen molar-refractivity contribution in [3.63, 3.8) is 0 Å². The largest absolute Gasteiger partial charge is 0.422 e. The minimum atomic E-state index is -0.595. The van der Waals surface area contributed by atoms with Gasteiger partial charge in [-0.3, -0.25) is 9.69 Å². The fourth-order valence-electron chi connectivity index (χ4n) is 3.53. The van der Waals surface area contributed by atoms with E-state index in [1.165, 1.54) is 11.1 Å². The number of nitrogens with zero attached hydrogens (tertiary/aromatic N) is 3. The van der Waals surface area contributed by atoms with Crippen LogP contribution in [0.1, 0.15) is 23.4 Å². The molecule has 0 fully saturated rings. The first-order valence-corrected chi connectivity index (χ1v) is 9.62. The van der Waals surface area contributed by atoms with E-state index in [0.717, 1.165) is 19.5 Å². The Bertz CT molecular complexity index is 922. The van der Waals surface area contributed by atoms with Crippen molar-refractivity contribution in [3.05, 3.63) is 59.6 Å². The molecule has 2 aromatic heterocycles. The number of aromatic nitrogens is 2. The van der Waals surface area contributed by atoms with Crippen LogP contribution in [0.25, 0.3) is 11.2 Å². The second-order valence-electron chi connectivity index (χ2n) is 7.15. The van der Waals surface area contributed by atoms with Gasteiger partial charge in [-0.1, -0.05) is 24.3 Å². The van der Waals surface area contributed by atoms with E-state index in [0.29, 0.717) is 30.1 Å². The van der Waals surface area contributed by atoms with Crippen molar-refractivity contribution in [3.8, 4) is 0 Å². The molecule has 0 radical (unpaired) electrons. The molecule has 7 nitrogen and oxygen atoms in total. The third kappa shape index (κ3) is 4.55. The van der Waals surface area contributed by atoms with Crippen molar-refractivity contribution in [1.29, 1.82) is 0 Å². The predicted octanol–water partition coefficient (Wildman–Crippen LogP) is 1.69. The average Bonchev–Trinajstić information content (AvgIpc) is 3.14. The summed E-state index contributed by atoms with van der Waals surface area (Å²) in [4.78, 5) is 22.7. The second kappa shape index (κ2) is 8.50. The zero-order chi connectivity index (χ0) is 19.3. The number of carbonyl (C=O) groups excluding carboxylic acids is 1. The number of benzene rings is 1. The topological polar surface area (TPSA) is 91.5 Å². The highest BCUT2D eigenvalue weighted by molar-refractivity contribution is 5.76. The number of hydrogen-bond donors (Lipinski definition) is 2. The molecule has 146 valence electrons. The van der Waals surface area contributed by atoms with E-state index in [1.54, 1.807) is 12.3 Å². The van der Waals surface area contributed by atoms with Crippen LogP contribution in [-0.2, 0) is 24.2 Å². The van der Waals surface area contributed by atoms with Crippen molar-refractivity contribution in [2.45, 2.75) is 31.9 Å². The maximum Gasteiger partial charge on any atom is 0.246 e. The molecule has 3 aromatic rings. The fraction of sp³-hybridized carbons (Fsp3) is 0.381. The van der Waals surface area contributed by atoms with Crippen LogP contribution >= 0.6 is 0 Å². The minimum Gasteiger partial charge on any atom is -0.422 e. The molecule has 4 rings (SSSR count). The standard InChI is InChI=1S/C21H24N4O3/c26-17(14-25-11-9-15-4-1-2-5-16(15)13-25)12-23-19(27)7-8-20-24-18-6-3-10-22-21(18)28-20/h1-6,10,17,26H,7-9,11-14H2,(H,23,27)/t17-/m0/s1. The Morgan fingerprint density at radius 3 is 2.96 bits per heavy atom. The van der Waals surface area contributed by atoms with Gasteiger partial charge < -0.3 is 14.8 Å². The second-order valence-corrected chi connectivity index (χ2v) is 7.15. The van der Waals surface area contributed by atoms with E-state index >= 15 is 0 Å². The Kier molecular flexibility index (Phi) is 5.64. The summed E-state index contributed by atoms with van der Waals surface area (Å²) in [5, 5.41) is 13.1. The lowest BCUT2D eigenvalue weighted by molar-refractivity contribution is -0.121. The summed E-state index contributed by atoms with van der Waals surface area (Å²) in [7, 11) is 0. The molecule has 2 N–H and O–H groups in total. The normalized spacial score (nSPS) is 15.3. The third-order valence-corrected chi connectivity index (χ3v) is 4.99. The number of β-amino-alcohol motifs (C(OH)–C–C–N with tert-alkyl or cyclic N) is 1. The molecule has 3 heterocycles. The van der Waals surface area contributed by atoms with Gasteiger partial charge in [0.2, 0.25) is 11.6 Å². The van der Waals surface area contributed by atoms with Crippen molar-refractivity contribution >= 4 is 17.1 Å². The zero-order valence-corrected chi connectivity index (χ0v) is 15.7. The number of amides is 1. The molecule has 0 bridgehead atoms. The lowest BCUT2D eigenvalue weighted by Gasteiger charge is -2.30. The van der Waals surface area contributed by atoms with Crippen LogP contribution in [0.2, 0.25) is 0 Å². The van der Waals surface area contributed by atoms with E-state index in [-0.39, 0.29) is 18.9 Å². The number of aliphatic hydroxyl groups excluding tert-OH is 1. The molecule has 1 atom stereocenters. The molecule has 7 heteroatoms. The lowest BCUT2D eigenvalue weighted by Crippen LogP contribution is -2.42. The van der Waals surface area contributed by atoms with Gasteiger partial charge in [-0.15, -0.1) is 0 Å². The molecular formula is C21H24N4O3. The summed E-state index contributed by atoms with van der Waals surface area (Å²) in [5.41, 5.74) is 3.88. The van der Waals surface area contributed by atoms with Crippen LogP contribution in [-0.4, -0.2) is 51.6 Å². The summed E-state index contributed by atoms with van der Waals surface area (Å²) in [6.45, 7) is 2.55. The van der Waals surface area contributed by atoms with E-state index in [2.05, 4.69) is 38.4 Å². The van der Waals surface area contributed by atoms with E-state index < -0.39 is 6.10 Å². The van der Waals surface area contributed by atoms with Crippen molar-refractivity contribution < 1.29 is 14.3 Å². The Morgan fingerprint density at radius 2 is 2.11 bits per heavy atom. The molecular weight excluding hydrogens is 356 g/mol. The van der Waals surface area contributed by atoms with Crippen LogP contribution in [0.3, 0.4) is 0 Å². The smallest absolute Gasteiger partial charge is 0.246 e. The Morgan fingerprint density at radius 1 is 1.25 bits per heavy atom. The van der Waals surface area contributed by atoms with E-state index in [9.17, 15) is 9.90 Å². The summed E-state index contributed by atoms with van der Waals surface area (Å²) in [5.74, 6) is 0.370. The van der Waals surface area contributed by atoms with Gasteiger partial charge in [0.25, 0.3) is 0 Å². The van der Waals surface area contributed by atoms with Gasteiger partial charge in [-0.2, -0.15) is 0 Å². The van der Waals surface area contributed by atoms with Gasteiger partial charge in [0.15, 0.2) is 5.89 Å². The molecule has 1 aliphatic heterocycles. The van der Waals surface area contributed by atoms with Crippen molar-refractivity contribution in [2.24, 2.45) is 0 Å². The number of nitrogens with one attached hydrogen (secondary N) is 1. The maximum absolute atomic E-state index is 12.1. The monoisotopic (exact) mass is 380 g/mol. The van der Waals surface area contributed by atoms with Gasteiger partial charge >= 0.3 is 0 Å². The highest BCUT2D eigenvalue weighted by Crippen LogP contribution is 2.18. The van der Waals surface area contributed by atoms with Gasteiger partial charge in [0.05, 0.1) is 6.10 Å². The molecule has 0 spiro atoms. The number of aryl methyl sites for hydroxylation is 1. The Labute approximate surface area is 163 Å². The molecule has 1 amide bonds. The summed E-state index contributed by atoms with van der Waals surface area (Å²) < 4.78 is 5.51. The maximum atomic E-state index is 12.1. The fourth-order valence-corrected chi connectivity index (χ4v) is 3.53. The number of carbonyl (C=O) groups is 1. The number of fused-ring (bicyclic) bond motifs is 2. The van der Waals surface area contributed by atoms with Crippen molar-refractivity contribution in [2.75, 3.05) is 19.6 Å². The molecule has 1 aliphatic rings. The van der Waals surface area contributed by atoms with Gasteiger partial charge in [-0.25, -0.2) is 9.97 Å². The first-order chi connectivity index (χ1) is 13.7. The van der Waals surface area contributed by atoms with Crippen LogP contribution in [0.5, 0.6) is 0 Å². The Hall–Kier alpha value is -2.77. The van der Waals surface area contributed by atoms with Gasteiger partial charge in [0, 0.05) is 45.2 Å². The zero-order valence-electron chi connectivity index (χ0n) is 15.7. The summed E-state index contributed by atoms with van der Waals surface area (Å²) >= 11 is 0. The summed E-state index contributed by atoms with van der Waals surface area (Å²) in [6, 6.07) is 12.0. The highest BCUT2D eigenvalue weighted by atomic mass is 16.4. The molecule has 0 saturated heterocycles. The number of pyridine rings is 1. The molecule has 0 unspecified atom stereocenters. The highest BCUT2D eigenvalue weighted by Gasteiger charge is 2.19. The van der Waals surface area contributed by atoms with Crippen molar-refractivity contribution in [1.82, 2.24) is 20.2 Å².